The average Bonchev–Trinajstić information content (AvgIpc) is 2.63. The zero-order valence-electron chi connectivity index (χ0n) is 14.2. The van der Waals surface area contributed by atoms with Crippen LogP contribution in [0.3, 0.4) is 0 Å². The molecule has 8 nitrogen and oxygen atoms in total. The van der Waals surface area contributed by atoms with Crippen molar-refractivity contribution in [3.8, 4) is 0 Å². The summed E-state index contributed by atoms with van der Waals surface area (Å²) in [7, 11) is 0. The first-order valence-corrected chi connectivity index (χ1v) is 8.71. The molecule has 0 saturated carbocycles. The van der Waals surface area contributed by atoms with Crippen LogP contribution in [0.15, 0.2) is 12.3 Å². The molecule has 1 aromatic rings. The number of anilines is 2. The minimum atomic E-state index is 0.00536. The lowest BCUT2D eigenvalue weighted by Gasteiger charge is -2.34. The maximum Gasteiger partial charge on any atom is 0.317 e. The molecule has 0 spiro atoms. The minimum absolute atomic E-state index is 0.00536. The van der Waals surface area contributed by atoms with Gasteiger partial charge in [-0.1, -0.05) is 0 Å². The van der Waals surface area contributed by atoms with Gasteiger partial charge in [0.2, 0.25) is 5.95 Å². The van der Waals surface area contributed by atoms with Gasteiger partial charge in [0.15, 0.2) is 0 Å². The first-order chi connectivity index (χ1) is 11.8. The summed E-state index contributed by atoms with van der Waals surface area (Å²) in [5.74, 6) is 1.55. The van der Waals surface area contributed by atoms with Crippen molar-refractivity contribution in [3.05, 3.63) is 12.3 Å². The Balaban J connectivity index is 1.55. The Morgan fingerprint density at radius 2 is 2.21 bits per heavy atom. The highest BCUT2D eigenvalue weighted by Crippen LogP contribution is 2.16. The third-order valence-corrected chi connectivity index (χ3v) is 4.33. The van der Waals surface area contributed by atoms with Gasteiger partial charge in [-0.15, -0.1) is 0 Å². The van der Waals surface area contributed by atoms with Gasteiger partial charge < -0.3 is 25.2 Å². The van der Waals surface area contributed by atoms with Crippen molar-refractivity contribution in [2.75, 3.05) is 56.2 Å². The number of urea groups is 1. The molecule has 1 aromatic heterocycles. The van der Waals surface area contributed by atoms with Crippen LogP contribution >= 0.6 is 0 Å². The highest BCUT2D eigenvalue weighted by Gasteiger charge is 2.22. The molecular weight excluding hydrogens is 308 g/mol. The van der Waals surface area contributed by atoms with E-state index in [2.05, 4.69) is 25.5 Å². The summed E-state index contributed by atoms with van der Waals surface area (Å²) in [6.45, 7) is 7.01. The highest BCUT2D eigenvalue weighted by atomic mass is 16.5. The molecule has 3 rings (SSSR count). The van der Waals surface area contributed by atoms with Crippen molar-refractivity contribution >= 4 is 17.8 Å². The molecule has 0 aliphatic carbocycles. The molecule has 1 atom stereocenters. The van der Waals surface area contributed by atoms with Crippen LogP contribution in [0.2, 0.25) is 0 Å². The number of hydrogen-bond donors (Lipinski definition) is 2. The van der Waals surface area contributed by atoms with Crippen LogP contribution in [0.1, 0.15) is 19.8 Å². The SMILES string of the molecule is CCNC(=O)N1CCN(c2nccc(NC3CCCOC3)n2)CC1. The molecule has 0 bridgehead atoms. The van der Waals surface area contributed by atoms with Gasteiger partial charge in [-0.25, -0.2) is 9.78 Å². The summed E-state index contributed by atoms with van der Waals surface area (Å²) in [6, 6.07) is 2.21. The van der Waals surface area contributed by atoms with Crippen LogP contribution in [-0.4, -0.2) is 72.9 Å². The molecule has 2 amide bonds. The van der Waals surface area contributed by atoms with E-state index in [0.29, 0.717) is 31.6 Å². The van der Waals surface area contributed by atoms with Crippen molar-refractivity contribution in [2.45, 2.75) is 25.8 Å². The van der Waals surface area contributed by atoms with Crippen LogP contribution in [0, 0.1) is 0 Å². The average molecular weight is 334 g/mol. The summed E-state index contributed by atoms with van der Waals surface area (Å²) < 4.78 is 5.50. The smallest absolute Gasteiger partial charge is 0.317 e. The van der Waals surface area contributed by atoms with E-state index in [1.54, 1.807) is 6.20 Å². The zero-order valence-corrected chi connectivity index (χ0v) is 14.2. The van der Waals surface area contributed by atoms with Gasteiger partial charge in [0.1, 0.15) is 5.82 Å². The van der Waals surface area contributed by atoms with Crippen LogP contribution < -0.4 is 15.5 Å². The molecule has 2 fully saturated rings. The quantitative estimate of drug-likeness (QED) is 0.852. The van der Waals surface area contributed by atoms with Crippen LogP contribution in [0.5, 0.6) is 0 Å². The highest BCUT2D eigenvalue weighted by molar-refractivity contribution is 5.74. The summed E-state index contributed by atoms with van der Waals surface area (Å²) in [6.07, 6.45) is 3.96. The molecule has 2 saturated heterocycles. The molecule has 2 N–H and O–H groups in total. The van der Waals surface area contributed by atoms with Gasteiger partial charge in [0.05, 0.1) is 12.6 Å². The number of aromatic nitrogens is 2. The molecule has 132 valence electrons. The van der Waals surface area contributed by atoms with Crippen molar-refractivity contribution in [1.82, 2.24) is 20.2 Å². The second-order valence-corrected chi connectivity index (χ2v) is 6.11. The standard InChI is InChI=1S/C16H26N6O2/c1-2-17-16(23)22-9-7-21(8-10-22)15-18-6-5-14(20-15)19-13-4-3-11-24-12-13/h5-6,13H,2-4,7-12H2,1H3,(H,17,23)(H,18,19,20). The van der Waals surface area contributed by atoms with Crippen molar-refractivity contribution in [3.63, 3.8) is 0 Å². The van der Waals surface area contributed by atoms with E-state index < -0.39 is 0 Å². The first kappa shape index (κ1) is 16.8. The fraction of sp³-hybridized carbons (Fsp3) is 0.688. The van der Waals surface area contributed by atoms with E-state index in [-0.39, 0.29) is 6.03 Å². The molecule has 2 aliphatic heterocycles. The topological polar surface area (TPSA) is 82.6 Å². The second kappa shape index (κ2) is 8.14. The van der Waals surface area contributed by atoms with Crippen molar-refractivity contribution in [1.29, 1.82) is 0 Å². The summed E-state index contributed by atoms with van der Waals surface area (Å²) >= 11 is 0. The molecular formula is C16H26N6O2. The molecule has 0 aromatic carbocycles. The van der Waals surface area contributed by atoms with Gasteiger partial charge in [-0.3, -0.25) is 0 Å². The maximum atomic E-state index is 11.9. The number of ether oxygens (including phenoxy) is 1. The fourth-order valence-electron chi connectivity index (χ4n) is 3.02. The van der Waals surface area contributed by atoms with Gasteiger partial charge in [-0.05, 0) is 25.8 Å². The van der Waals surface area contributed by atoms with Gasteiger partial charge >= 0.3 is 6.03 Å². The summed E-state index contributed by atoms with van der Waals surface area (Å²) in [5.41, 5.74) is 0. The molecule has 3 heterocycles. The lowest BCUT2D eigenvalue weighted by molar-refractivity contribution is 0.0875. The van der Waals surface area contributed by atoms with Crippen molar-refractivity contribution < 1.29 is 9.53 Å². The normalized spacial score (nSPS) is 21.5. The van der Waals surface area contributed by atoms with E-state index >= 15 is 0 Å². The Hall–Kier alpha value is -2.09. The fourth-order valence-corrected chi connectivity index (χ4v) is 3.02. The Morgan fingerprint density at radius 1 is 1.38 bits per heavy atom. The molecule has 1 unspecified atom stereocenters. The zero-order chi connectivity index (χ0) is 16.8. The molecule has 0 radical (unpaired) electrons. The predicted molar refractivity (Wildman–Crippen MR) is 92.4 cm³/mol. The summed E-state index contributed by atoms with van der Waals surface area (Å²) in [4.78, 5) is 24.8. The molecule has 24 heavy (non-hydrogen) atoms. The first-order valence-electron chi connectivity index (χ1n) is 8.71. The summed E-state index contributed by atoms with van der Waals surface area (Å²) in [5, 5.41) is 6.27. The Kier molecular flexibility index (Phi) is 5.68. The Bertz CT molecular complexity index is 541. The van der Waals surface area contributed by atoms with Gasteiger partial charge in [-0.2, -0.15) is 4.98 Å². The number of hydrogen-bond acceptors (Lipinski definition) is 6. The lowest BCUT2D eigenvalue weighted by Crippen LogP contribution is -2.52. The second-order valence-electron chi connectivity index (χ2n) is 6.11. The van der Waals surface area contributed by atoms with E-state index in [4.69, 9.17) is 4.74 Å². The third-order valence-electron chi connectivity index (χ3n) is 4.33. The minimum Gasteiger partial charge on any atom is -0.379 e. The van der Waals surface area contributed by atoms with E-state index in [0.717, 1.165) is 45.0 Å². The van der Waals surface area contributed by atoms with E-state index in [9.17, 15) is 4.79 Å². The van der Waals surface area contributed by atoms with Crippen LogP contribution in [0.25, 0.3) is 0 Å². The maximum absolute atomic E-state index is 11.9. The van der Waals surface area contributed by atoms with Crippen LogP contribution in [0.4, 0.5) is 16.6 Å². The lowest BCUT2D eigenvalue weighted by atomic mass is 10.1. The predicted octanol–water partition coefficient (Wildman–Crippen LogP) is 0.919. The number of rotatable bonds is 4. The Morgan fingerprint density at radius 3 is 2.92 bits per heavy atom. The van der Waals surface area contributed by atoms with E-state index in [1.807, 2.05) is 17.9 Å². The number of nitrogens with one attached hydrogen (secondary N) is 2. The number of carbonyl (C=O) groups is 1. The molecule has 2 aliphatic rings. The largest absolute Gasteiger partial charge is 0.379 e. The van der Waals surface area contributed by atoms with Crippen molar-refractivity contribution in [2.24, 2.45) is 0 Å². The van der Waals surface area contributed by atoms with E-state index in [1.165, 1.54) is 0 Å². The third kappa shape index (κ3) is 4.25. The molecule has 8 heteroatoms. The number of nitrogens with zero attached hydrogens (tertiary/aromatic N) is 4. The Labute approximate surface area is 142 Å². The van der Waals surface area contributed by atoms with Crippen LogP contribution in [-0.2, 0) is 4.74 Å². The number of amides is 2. The van der Waals surface area contributed by atoms with Gasteiger partial charge in [0, 0.05) is 45.5 Å². The monoisotopic (exact) mass is 334 g/mol. The number of piperazine rings is 1. The van der Waals surface area contributed by atoms with Gasteiger partial charge in [0.25, 0.3) is 0 Å². The number of carbonyl (C=O) groups excluding carboxylic acids is 1.